The third-order valence-electron chi connectivity index (χ3n) is 3.48. The van der Waals surface area contributed by atoms with E-state index in [4.69, 9.17) is 0 Å². The van der Waals surface area contributed by atoms with Crippen LogP contribution in [0.4, 0.5) is 13.2 Å². The van der Waals surface area contributed by atoms with Crippen molar-refractivity contribution in [2.75, 3.05) is 19.6 Å². The van der Waals surface area contributed by atoms with Gasteiger partial charge in [-0.25, -0.2) is 0 Å². The van der Waals surface area contributed by atoms with E-state index in [1.165, 1.54) is 12.1 Å². The maximum atomic E-state index is 12.4. The van der Waals surface area contributed by atoms with Gasteiger partial charge in [0, 0.05) is 13.1 Å². The summed E-state index contributed by atoms with van der Waals surface area (Å²) in [5.41, 5.74) is -1.18. The van der Waals surface area contributed by atoms with Gasteiger partial charge < -0.3 is 15.7 Å². The van der Waals surface area contributed by atoms with Crippen molar-refractivity contribution in [3.05, 3.63) is 35.4 Å². The SMILES string of the molecule is O=C(Cc1ccc(C(F)(F)F)cc1)NCC1(O)CCNC1. The van der Waals surface area contributed by atoms with Crippen molar-refractivity contribution in [2.45, 2.75) is 24.6 Å². The minimum Gasteiger partial charge on any atom is -0.387 e. The summed E-state index contributed by atoms with van der Waals surface area (Å²) >= 11 is 0. The molecule has 1 aliphatic heterocycles. The molecule has 1 unspecified atom stereocenters. The van der Waals surface area contributed by atoms with Gasteiger partial charge in [-0.15, -0.1) is 0 Å². The molecule has 7 heteroatoms. The summed E-state index contributed by atoms with van der Waals surface area (Å²) in [6.07, 6.45) is -3.82. The molecule has 0 saturated carbocycles. The molecular formula is C14H17F3N2O2. The normalized spacial score (nSPS) is 22.3. The van der Waals surface area contributed by atoms with Crippen molar-refractivity contribution in [3.63, 3.8) is 0 Å². The number of aliphatic hydroxyl groups is 1. The van der Waals surface area contributed by atoms with E-state index in [2.05, 4.69) is 10.6 Å². The number of alkyl halides is 3. The van der Waals surface area contributed by atoms with Gasteiger partial charge in [0.25, 0.3) is 0 Å². The highest BCUT2D eigenvalue weighted by atomic mass is 19.4. The Bertz CT molecular complexity index is 494. The summed E-state index contributed by atoms with van der Waals surface area (Å²) in [6.45, 7) is 1.26. The lowest BCUT2D eigenvalue weighted by atomic mass is 10.0. The molecule has 3 N–H and O–H groups in total. The number of carbonyl (C=O) groups is 1. The zero-order valence-electron chi connectivity index (χ0n) is 11.3. The van der Waals surface area contributed by atoms with Crippen LogP contribution in [0.15, 0.2) is 24.3 Å². The molecule has 1 aromatic rings. The smallest absolute Gasteiger partial charge is 0.387 e. The van der Waals surface area contributed by atoms with E-state index >= 15 is 0 Å². The second kappa shape index (κ2) is 6.03. The van der Waals surface area contributed by atoms with Crippen molar-refractivity contribution < 1.29 is 23.1 Å². The first-order valence-electron chi connectivity index (χ1n) is 6.64. The summed E-state index contributed by atoms with van der Waals surface area (Å²) < 4.78 is 37.2. The van der Waals surface area contributed by atoms with E-state index in [9.17, 15) is 23.1 Å². The third-order valence-corrected chi connectivity index (χ3v) is 3.48. The Morgan fingerprint density at radius 1 is 1.33 bits per heavy atom. The number of hydrogen-bond donors (Lipinski definition) is 3. The Labute approximate surface area is 120 Å². The van der Waals surface area contributed by atoms with Crippen LogP contribution in [0.5, 0.6) is 0 Å². The summed E-state index contributed by atoms with van der Waals surface area (Å²) in [7, 11) is 0. The number of halogens is 3. The molecule has 1 aliphatic rings. The van der Waals surface area contributed by atoms with E-state index in [0.29, 0.717) is 25.1 Å². The van der Waals surface area contributed by atoms with Crippen molar-refractivity contribution in [3.8, 4) is 0 Å². The predicted octanol–water partition coefficient (Wildman–Crippen LogP) is 1.09. The van der Waals surface area contributed by atoms with Crippen LogP contribution in [0, 0.1) is 0 Å². The summed E-state index contributed by atoms with van der Waals surface area (Å²) in [5, 5.41) is 15.6. The Morgan fingerprint density at radius 3 is 2.52 bits per heavy atom. The quantitative estimate of drug-likeness (QED) is 0.780. The van der Waals surface area contributed by atoms with E-state index in [1.54, 1.807) is 0 Å². The topological polar surface area (TPSA) is 61.4 Å². The van der Waals surface area contributed by atoms with Crippen LogP contribution in [0.2, 0.25) is 0 Å². The molecular weight excluding hydrogens is 285 g/mol. The predicted molar refractivity (Wildman–Crippen MR) is 70.6 cm³/mol. The fraction of sp³-hybridized carbons (Fsp3) is 0.500. The van der Waals surface area contributed by atoms with Gasteiger partial charge in [-0.1, -0.05) is 12.1 Å². The van der Waals surface area contributed by atoms with Crippen molar-refractivity contribution in [2.24, 2.45) is 0 Å². The van der Waals surface area contributed by atoms with E-state index in [1.807, 2.05) is 0 Å². The largest absolute Gasteiger partial charge is 0.416 e. The van der Waals surface area contributed by atoms with Crippen LogP contribution in [-0.4, -0.2) is 36.2 Å². The van der Waals surface area contributed by atoms with Crippen LogP contribution in [0.1, 0.15) is 17.5 Å². The lowest BCUT2D eigenvalue weighted by molar-refractivity contribution is -0.137. The van der Waals surface area contributed by atoms with Gasteiger partial charge in [-0.05, 0) is 30.7 Å². The first-order valence-corrected chi connectivity index (χ1v) is 6.64. The average molecular weight is 302 g/mol. The lowest BCUT2D eigenvalue weighted by Gasteiger charge is -2.21. The fourth-order valence-electron chi connectivity index (χ4n) is 2.20. The number of amides is 1. The molecule has 0 bridgehead atoms. The summed E-state index contributed by atoms with van der Waals surface area (Å²) in [6, 6.07) is 4.48. The van der Waals surface area contributed by atoms with Crippen LogP contribution in [0.3, 0.4) is 0 Å². The average Bonchev–Trinajstić information content (AvgIpc) is 2.84. The number of carbonyl (C=O) groups excluding carboxylic acids is 1. The highest BCUT2D eigenvalue weighted by molar-refractivity contribution is 5.78. The van der Waals surface area contributed by atoms with Gasteiger partial charge in [0.2, 0.25) is 5.91 Å². The lowest BCUT2D eigenvalue weighted by Crippen LogP contribution is -2.44. The molecule has 0 aromatic heterocycles. The van der Waals surface area contributed by atoms with Gasteiger partial charge in [-0.2, -0.15) is 13.2 Å². The molecule has 1 fully saturated rings. The number of rotatable bonds is 4. The highest BCUT2D eigenvalue weighted by Crippen LogP contribution is 2.29. The highest BCUT2D eigenvalue weighted by Gasteiger charge is 2.31. The Morgan fingerprint density at radius 2 is 2.00 bits per heavy atom. The van der Waals surface area contributed by atoms with Gasteiger partial charge in [0.05, 0.1) is 17.6 Å². The Kier molecular flexibility index (Phi) is 4.53. The van der Waals surface area contributed by atoms with Crippen molar-refractivity contribution in [1.29, 1.82) is 0 Å². The molecule has 1 saturated heterocycles. The van der Waals surface area contributed by atoms with Gasteiger partial charge in [0.15, 0.2) is 0 Å². The molecule has 0 spiro atoms. The van der Waals surface area contributed by atoms with Crippen LogP contribution >= 0.6 is 0 Å². The standard InChI is InChI=1S/C14H17F3N2O2/c15-14(16,17)11-3-1-10(2-4-11)7-12(20)19-9-13(21)5-6-18-8-13/h1-4,18,21H,5-9H2,(H,19,20). The second-order valence-corrected chi connectivity index (χ2v) is 5.30. The molecule has 1 aromatic carbocycles. The number of β-amino-alcohol motifs (C(OH)–C–C–N with tert-alkyl or cyclic N) is 1. The molecule has 21 heavy (non-hydrogen) atoms. The van der Waals surface area contributed by atoms with E-state index in [0.717, 1.165) is 12.1 Å². The first kappa shape index (κ1) is 15.8. The van der Waals surface area contributed by atoms with E-state index in [-0.39, 0.29) is 18.9 Å². The zero-order valence-corrected chi connectivity index (χ0v) is 11.3. The summed E-state index contributed by atoms with van der Waals surface area (Å²) in [5.74, 6) is -0.324. The monoisotopic (exact) mass is 302 g/mol. The molecule has 0 aliphatic carbocycles. The molecule has 1 amide bonds. The maximum Gasteiger partial charge on any atom is 0.416 e. The minimum absolute atomic E-state index is 0.0123. The minimum atomic E-state index is -4.38. The molecule has 4 nitrogen and oxygen atoms in total. The van der Waals surface area contributed by atoms with Crippen LogP contribution < -0.4 is 10.6 Å². The first-order chi connectivity index (χ1) is 9.78. The Hall–Kier alpha value is -1.60. The number of nitrogens with one attached hydrogen (secondary N) is 2. The Balaban J connectivity index is 1.85. The molecule has 116 valence electrons. The van der Waals surface area contributed by atoms with Crippen LogP contribution in [-0.2, 0) is 17.4 Å². The van der Waals surface area contributed by atoms with E-state index < -0.39 is 17.3 Å². The summed E-state index contributed by atoms with van der Waals surface area (Å²) in [4.78, 5) is 11.7. The second-order valence-electron chi connectivity index (χ2n) is 5.30. The van der Waals surface area contributed by atoms with Crippen LogP contribution in [0.25, 0.3) is 0 Å². The third kappa shape index (κ3) is 4.44. The van der Waals surface area contributed by atoms with Gasteiger partial charge in [-0.3, -0.25) is 4.79 Å². The molecule has 2 rings (SSSR count). The molecule has 0 radical (unpaired) electrons. The molecule has 1 heterocycles. The zero-order chi connectivity index (χ0) is 15.5. The van der Waals surface area contributed by atoms with Crippen molar-refractivity contribution >= 4 is 5.91 Å². The van der Waals surface area contributed by atoms with Crippen molar-refractivity contribution in [1.82, 2.24) is 10.6 Å². The fourth-order valence-corrected chi connectivity index (χ4v) is 2.20. The van der Waals surface area contributed by atoms with Gasteiger partial charge in [0.1, 0.15) is 0 Å². The number of hydrogen-bond acceptors (Lipinski definition) is 3. The molecule has 1 atom stereocenters. The number of benzene rings is 1. The maximum absolute atomic E-state index is 12.4. The van der Waals surface area contributed by atoms with Gasteiger partial charge >= 0.3 is 6.18 Å².